The van der Waals surface area contributed by atoms with Gasteiger partial charge in [-0.25, -0.2) is 9.36 Å². The molecule has 2 N–H and O–H groups in total. The van der Waals surface area contributed by atoms with Crippen LogP contribution in [0.4, 0.5) is 5.95 Å². The molecule has 2 aromatic heterocycles. The van der Waals surface area contributed by atoms with Crippen molar-refractivity contribution in [2.24, 2.45) is 5.73 Å². The number of Topliss-reactive ketones (excluding diaryl/α,β-unsaturated/α-hetero) is 1. The maximum absolute atomic E-state index is 13.9. The molecule has 0 saturated carbocycles. The van der Waals surface area contributed by atoms with Crippen molar-refractivity contribution in [2.45, 2.75) is 38.9 Å². The number of carbonyl (C=O) groups is 1. The van der Waals surface area contributed by atoms with Crippen molar-refractivity contribution < 1.29 is 4.79 Å². The second kappa shape index (κ2) is 10.3. The Morgan fingerprint density at radius 2 is 1.76 bits per heavy atom. The lowest BCUT2D eigenvalue weighted by Gasteiger charge is -2.31. The van der Waals surface area contributed by atoms with E-state index in [0.717, 1.165) is 24.0 Å². The predicted octanol–water partition coefficient (Wildman–Crippen LogP) is 2.18. The zero-order valence-electron chi connectivity index (χ0n) is 20.6. The zero-order chi connectivity index (χ0) is 25.9. The third-order valence-electron chi connectivity index (χ3n) is 6.58. The fourth-order valence-corrected chi connectivity index (χ4v) is 4.77. The minimum absolute atomic E-state index is 0.0178. The van der Waals surface area contributed by atoms with E-state index in [9.17, 15) is 14.4 Å². The number of nitrogens with zero attached hydrogens (tertiary/aromatic N) is 5. The second-order valence-corrected chi connectivity index (χ2v) is 9.08. The van der Waals surface area contributed by atoms with E-state index in [-0.39, 0.29) is 36.1 Å². The summed E-state index contributed by atoms with van der Waals surface area (Å²) in [6, 6.07) is 17.6. The number of hydrogen-bond acceptors (Lipinski definition) is 6. The van der Waals surface area contributed by atoms with Crippen molar-refractivity contribution in [3.63, 3.8) is 0 Å². The number of nitrogens with two attached hydrogens (primary N) is 1. The van der Waals surface area contributed by atoms with Crippen LogP contribution in [0.2, 0.25) is 0 Å². The van der Waals surface area contributed by atoms with Gasteiger partial charge in [-0.2, -0.15) is 4.98 Å². The average Bonchev–Trinajstić information content (AvgIpc) is 3.30. The van der Waals surface area contributed by atoms with Crippen LogP contribution in [0.25, 0.3) is 16.9 Å². The van der Waals surface area contributed by atoms with Gasteiger partial charge in [0.2, 0.25) is 5.95 Å². The van der Waals surface area contributed by atoms with Gasteiger partial charge in [-0.1, -0.05) is 54.5 Å². The first kappa shape index (κ1) is 24.3. The molecule has 1 fully saturated rings. The molecule has 0 aliphatic carbocycles. The molecule has 37 heavy (non-hydrogen) atoms. The van der Waals surface area contributed by atoms with Crippen LogP contribution in [-0.2, 0) is 13.1 Å². The van der Waals surface area contributed by atoms with Crippen molar-refractivity contribution in [2.75, 3.05) is 18.0 Å². The van der Waals surface area contributed by atoms with Crippen molar-refractivity contribution in [1.82, 2.24) is 18.7 Å². The highest BCUT2D eigenvalue weighted by Crippen LogP contribution is 2.24. The zero-order valence-corrected chi connectivity index (χ0v) is 20.6. The largest absolute Gasteiger partial charge is 0.341 e. The number of ketones is 1. The van der Waals surface area contributed by atoms with Gasteiger partial charge in [0.1, 0.15) is 0 Å². The normalized spacial score (nSPS) is 15.4. The Balaban J connectivity index is 1.79. The molecule has 1 atom stereocenters. The summed E-state index contributed by atoms with van der Waals surface area (Å²) < 4.78 is 4.14. The standard InChI is InChI=1S/C28H28N6O3/c1-2-3-17-32-24-25(30-27(32)31-16-10-13-21(29)18-31)34(22-14-8-5-9-15-22)28(37)33(26(24)36)19-23(35)20-11-6-4-7-12-20/h4-9,11-12,14-15,21H,10,13,16-19,29H2,1H3. The summed E-state index contributed by atoms with van der Waals surface area (Å²) in [6.07, 6.45) is 1.81. The maximum atomic E-state index is 13.9. The number of imidazole rings is 1. The minimum atomic E-state index is -0.624. The molecule has 1 unspecified atom stereocenters. The molecule has 1 saturated heterocycles. The van der Waals surface area contributed by atoms with Crippen LogP contribution in [0.3, 0.4) is 0 Å². The van der Waals surface area contributed by atoms with E-state index in [1.165, 1.54) is 4.57 Å². The highest BCUT2D eigenvalue weighted by atomic mass is 16.2. The van der Waals surface area contributed by atoms with Gasteiger partial charge in [0, 0.05) is 24.7 Å². The van der Waals surface area contributed by atoms with Crippen LogP contribution < -0.4 is 21.9 Å². The predicted molar refractivity (Wildman–Crippen MR) is 143 cm³/mol. The lowest BCUT2D eigenvalue weighted by molar-refractivity contribution is 0.0969. The molecule has 5 rings (SSSR count). The third-order valence-corrected chi connectivity index (χ3v) is 6.58. The summed E-state index contributed by atoms with van der Waals surface area (Å²) >= 11 is 0. The Bertz CT molecular complexity index is 1620. The molecular formula is C28H28N6O3. The van der Waals surface area contributed by atoms with Gasteiger partial charge < -0.3 is 10.6 Å². The van der Waals surface area contributed by atoms with Gasteiger partial charge in [-0.3, -0.25) is 18.7 Å². The Hall–Kier alpha value is -4.42. The number of aromatic nitrogens is 4. The van der Waals surface area contributed by atoms with E-state index in [1.54, 1.807) is 54.0 Å². The molecule has 0 amide bonds. The molecule has 4 aromatic rings. The summed E-state index contributed by atoms with van der Waals surface area (Å²) in [6.45, 7) is 2.86. The second-order valence-electron chi connectivity index (χ2n) is 9.08. The SMILES string of the molecule is CC#CCn1c(N2CCCC(N)C2)nc2c1c(=O)n(CC(=O)c1ccccc1)c(=O)n2-c1ccccc1. The quantitative estimate of drug-likeness (QED) is 0.324. The molecule has 1 aliphatic heterocycles. The van der Waals surface area contributed by atoms with Gasteiger partial charge in [-0.15, -0.1) is 5.92 Å². The van der Waals surface area contributed by atoms with E-state index >= 15 is 0 Å². The summed E-state index contributed by atoms with van der Waals surface area (Å²) in [4.78, 5) is 47.6. The van der Waals surface area contributed by atoms with Crippen LogP contribution >= 0.6 is 0 Å². The molecule has 0 spiro atoms. The number of benzene rings is 2. The Morgan fingerprint density at radius 3 is 2.43 bits per heavy atom. The number of hydrogen-bond donors (Lipinski definition) is 1. The van der Waals surface area contributed by atoms with Gasteiger partial charge in [-0.05, 0) is 31.9 Å². The fourth-order valence-electron chi connectivity index (χ4n) is 4.77. The first-order valence-corrected chi connectivity index (χ1v) is 12.3. The fraction of sp³-hybridized carbons (Fsp3) is 0.286. The summed E-state index contributed by atoms with van der Waals surface area (Å²) in [5.41, 5.74) is 6.48. The summed E-state index contributed by atoms with van der Waals surface area (Å²) in [7, 11) is 0. The number of para-hydroxylation sites is 1. The average molecular weight is 497 g/mol. The Kier molecular flexibility index (Phi) is 6.75. The molecule has 0 radical (unpaired) electrons. The van der Waals surface area contributed by atoms with E-state index in [2.05, 4.69) is 11.8 Å². The lowest BCUT2D eigenvalue weighted by Crippen LogP contribution is -2.44. The highest BCUT2D eigenvalue weighted by molar-refractivity contribution is 5.96. The first-order valence-electron chi connectivity index (χ1n) is 12.3. The molecule has 188 valence electrons. The van der Waals surface area contributed by atoms with Crippen molar-refractivity contribution in [3.05, 3.63) is 87.1 Å². The third kappa shape index (κ3) is 4.59. The number of anilines is 1. The van der Waals surface area contributed by atoms with Crippen LogP contribution in [0.15, 0.2) is 70.3 Å². The van der Waals surface area contributed by atoms with E-state index in [0.29, 0.717) is 23.7 Å². The van der Waals surface area contributed by atoms with Crippen LogP contribution in [0.5, 0.6) is 0 Å². The number of piperidine rings is 1. The number of fused-ring (bicyclic) bond motifs is 1. The van der Waals surface area contributed by atoms with E-state index in [1.807, 2.05) is 23.1 Å². The minimum Gasteiger partial charge on any atom is -0.341 e. The monoisotopic (exact) mass is 496 g/mol. The Labute approximate surface area is 213 Å². The number of carbonyl (C=O) groups excluding carboxylic acids is 1. The topological polar surface area (TPSA) is 108 Å². The Morgan fingerprint density at radius 1 is 1.05 bits per heavy atom. The van der Waals surface area contributed by atoms with Crippen LogP contribution in [0.1, 0.15) is 30.1 Å². The van der Waals surface area contributed by atoms with Crippen LogP contribution in [0, 0.1) is 11.8 Å². The van der Waals surface area contributed by atoms with E-state index < -0.39 is 11.2 Å². The molecular weight excluding hydrogens is 468 g/mol. The van der Waals surface area contributed by atoms with Crippen LogP contribution in [-0.4, -0.2) is 43.6 Å². The van der Waals surface area contributed by atoms with Gasteiger partial charge in [0.25, 0.3) is 5.56 Å². The van der Waals surface area contributed by atoms with Crippen molar-refractivity contribution in [3.8, 4) is 17.5 Å². The highest BCUT2D eigenvalue weighted by Gasteiger charge is 2.27. The molecule has 9 heteroatoms. The molecule has 9 nitrogen and oxygen atoms in total. The molecule has 0 bridgehead atoms. The molecule has 3 heterocycles. The van der Waals surface area contributed by atoms with Gasteiger partial charge >= 0.3 is 5.69 Å². The molecule has 2 aromatic carbocycles. The van der Waals surface area contributed by atoms with Gasteiger partial charge in [0.05, 0.1) is 18.8 Å². The van der Waals surface area contributed by atoms with Crippen molar-refractivity contribution in [1.29, 1.82) is 0 Å². The maximum Gasteiger partial charge on any atom is 0.337 e. The summed E-state index contributed by atoms with van der Waals surface area (Å²) in [5.74, 6) is 6.12. The smallest absolute Gasteiger partial charge is 0.337 e. The lowest BCUT2D eigenvalue weighted by atomic mass is 10.1. The summed E-state index contributed by atoms with van der Waals surface area (Å²) in [5, 5.41) is 0. The van der Waals surface area contributed by atoms with E-state index in [4.69, 9.17) is 10.7 Å². The molecule has 1 aliphatic rings. The first-order chi connectivity index (χ1) is 18.0. The van der Waals surface area contributed by atoms with Crippen molar-refractivity contribution >= 4 is 22.9 Å². The van der Waals surface area contributed by atoms with Gasteiger partial charge in [0.15, 0.2) is 16.9 Å². The number of rotatable bonds is 6.